The molecule has 0 radical (unpaired) electrons. The van der Waals surface area contributed by atoms with Crippen molar-refractivity contribution in [2.45, 2.75) is 13.0 Å². The zero-order valence-corrected chi connectivity index (χ0v) is 14.3. The van der Waals surface area contributed by atoms with E-state index in [4.69, 9.17) is 5.84 Å². The second-order valence-electron chi connectivity index (χ2n) is 5.31. The molecular formula is C17H15BrN4O2. The van der Waals surface area contributed by atoms with E-state index >= 15 is 0 Å². The Morgan fingerprint density at radius 3 is 2.58 bits per heavy atom. The van der Waals surface area contributed by atoms with Gasteiger partial charge in [0.05, 0.1) is 10.9 Å². The zero-order chi connectivity index (χ0) is 17.1. The molecule has 24 heavy (non-hydrogen) atoms. The van der Waals surface area contributed by atoms with E-state index in [0.29, 0.717) is 23.1 Å². The first-order valence-corrected chi connectivity index (χ1v) is 8.10. The van der Waals surface area contributed by atoms with Crippen molar-refractivity contribution in [3.05, 3.63) is 74.7 Å². The molecule has 1 heterocycles. The minimum absolute atomic E-state index is 0.168. The number of benzene rings is 2. The van der Waals surface area contributed by atoms with E-state index in [1.54, 1.807) is 18.2 Å². The third-order valence-electron chi connectivity index (χ3n) is 3.68. The summed E-state index contributed by atoms with van der Waals surface area (Å²) < 4.78 is 2.34. The molecule has 0 unspecified atom stereocenters. The maximum Gasteiger partial charge on any atom is 0.261 e. The zero-order valence-electron chi connectivity index (χ0n) is 12.7. The number of nitrogens with one attached hydrogen (secondary N) is 1. The second-order valence-corrected chi connectivity index (χ2v) is 6.22. The molecule has 0 atom stereocenters. The molecule has 3 rings (SSSR count). The van der Waals surface area contributed by atoms with E-state index < -0.39 is 5.91 Å². The van der Waals surface area contributed by atoms with Gasteiger partial charge in [0.1, 0.15) is 12.4 Å². The maximum atomic E-state index is 12.7. The van der Waals surface area contributed by atoms with Gasteiger partial charge in [0.15, 0.2) is 0 Å². The minimum Gasteiger partial charge on any atom is -0.293 e. The van der Waals surface area contributed by atoms with E-state index in [-0.39, 0.29) is 12.1 Å². The van der Waals surface area contributed by atoms with Gasteiger partial charge in [-0.3, -0.25) is 19.6 Å². The molecule has 1 amide bonds. The Kier molecular flexibility index (Phi) is 4.73. The van der Waals surface area contributed by atoms with Crippen LogP contribution in [0.25, 0.3) is 10.9 Å². The largest absolute Gasteiger partial charge is 0.293 e. The van der Waals surface area contributed by atoms with Crippen LogP contribution in [0.2, 0.25) is 0 Å². The number of fused-ring (bicyclic) bond motifs is 1. The lowest BCUT2D eigenvalue weighted by Crippen LogP contribution is -2.37. The molecule has 0 aliphatic carbocycles. The summed E-state index contributed by atoms with van der Waals surface area (Å²) >= 11 is 3.39. The molecule has 0 bridgehead atoms. The summed E-state index contributed by atoms with van der Waals surface area (Å²) in [4.78, 5) is 29.0. The van der Waals surface area contributed by atoms with Crippen molar-refractivity contribution >= 4 is 32.7 Å². The van der Waals surface area contributed by atoms with Crippen LogP contribution in [0.4, 0.5) is 0 Å². The van der Waals surface area contributed by atoms with Gasteiger partial charge in [0.25, 0.3) is 11.5 Å². The molecule has 3 aromatic rings. The summed E-state index contributed by atoms with van der Waals surface area (Å²) in [7, 11) is 0. The Hall–Kier alpha value is -2.51. The van der Waals surface area contributed by atoms with Crippen molar-refractivity contribution in [3.63, 3.8) is 0 Å². The molecule has 0 saturated carbocycles. The summed E-state index contributed by atoms with van der Waals surface area (Å²) in [6.07, 6.45) is 0.436. The Morgan fingerprint density at radius 2 is 1.88 bits per heavy atom. The number of hydrazine groups is 1. The van der Waals surface area contributed by atoms with E-state index in [9.17, 15) is 9.59 Å². The summed E-state index contributed by atoms with van der Waals surface area (Å²) in [5, 5.41) is 0.474. The first-order valence-electron chi connectivity index (χ1n) is 7.31. The third kappa shape index (κ3) is 3.37. The Morgan fingerprint density at radius 1 is 1.17 bits per heavy atom. The summed E-state index contributed by atoms with van der Waals surface area (Å²) in [6.45, 7) is -0.168. The molecule has 0 spiro atoms. The van der Waals surface area contributed by atoms with Gasteiger partial charge < -0.3 is 0 Å². The fourth-order valence-corrected chi connectivity index (χ4v) is 2.75. The maximum absolute atomic E-state index is 12.7. The van der Waals surface area contributed by atoms with Gasteiger partial charge in [-0.05, 0) is 29.8 Å². The van der Waals surface area contributed by atoms with Crippen LogP contribution < -0.4 is 16.8 Å². The van der Waals surface area contributed by atoms with Crippen molar-refractivity contribution in [2.24, 2.45) is 5.84 Å². The standard InChI is InChI=1S/C17H15BrN4O2/c18-12-7-5-11(6-8-12)9-15-20-14-4-2-1-3-13(14)17(24)22(15)10-16(23)21-19/h1-8H,9-10,19H2,(H,21,23). The monoisotopic (exact) mass is 386 g/mol. The van der Waals surface area contributed by atoms with Gasteiger partial charge >= 0.3 is 0 Å². The Balaban J connectivity index is 2.12. The van der Waals surface area contributed by atoms with Crippen molar-refractivity contribution in [2.75, 3.05) is 0 Å². The molecule has 1 aromatic heterocycles. The molecule has 6 nitrogen and oxygen atoms in total. The quantitative estimate of drug-likeness (QED) is 0.406. The number of hydrogen-bond donors (Lipinski definition) is 2. The summed E-state index contributed by atoms with van der Waals surface area (Å²) in [6, 6.07) is 14.8. The van der Waals surface area contributed by atoms with Crippen molar-refractivity contribution < 1.29 is 4.79 Å². The normalized spacial score (nSPS) is 10.8. The number of amides is 1. The van der Waals surface area contributed by atoms with Crippen LogP contribution in [0.3, 0.4) is 0 Å². The smallest absolute Gasteiger partial charge is 0.261 e. The number of nitrogens with zero attached hydrogens (tertiary/aromatic N) is 2. The lowest BCUT2D eigenvalue weighted by atomic mass is 10.1. The number of carbonyl (C=O) groups excluding carboxylic acids is 1. The lowest BCUT2D eigenvalue weighted by molar-refractivity contribution is -0.121. The number of carbonyl (C=O) groups is 1. The van der Waals surface area contributed by atoms with Crippen LogP contribution in [-0.4, -0.2) is 15.5 Å². The highest BCUT2D eigenvalue weighted by molar-refractivity contribution is 9.10. The van der Waals surface area contributed by atoms with E-state index in [2.05, 4.69) is 26.3 Å². The Labute approximate surface area is 146 Å². The van der Waals surface area contributed by atoms with Crippen molar-refractivity contribution in [3.8, 4) is 0 Å². The van der Waals surface area contributed by atoms with Crippen LogP contribution in [0, 0.1) is 0 Å². The van der Waals surface area contributed by atoms with Crippen LogP contribution in [0.1, 0.15) is 11.4 Å². The summed E-state index contributed by atoms with van der Waals surface area (Å²) in [5.41, 5.74) is 3.40. The average Bonchev–Trinajstić information content (AvgIpc) is 2.60. The van der Waals surface area contributed by atoms with Gasteiger partial charge in [-0.2, -0.15) is 0 Å². The average molecular weight is 387 g/mol. The molecule has 0 fully saturated rings. The van der Waals surface area contributed by atoms with Crippen LogP contribution in [-0.2, 0) is 17.8 Å². The topological polar surface area (TPSA) is 90.0 Å². The van der Waals surface area contributed by atoms with E-state index in [1.165, 1.54) is 4.57 Å². The number of rotatable bonds is 4. The highest BCUT2D eigenvalue weighted by atomic mass is 79.9. The van der Waals surface area contributed by atoms with Crippen molar-refractivity contribution in [1.29, 1.82) is 0 Å². The predicted molar refractivity (Wildman–Crippen MR) is 95.3 cm³/mol. The van der Waals surface area contributed by atoms with Gasteiger partial charge in [0, 0.05) is 10.9 Å². The number of hydrogen-bond acceptors (Lipinski definition) is 4. The SMILES string of the molecule is NNC(=O)Cn1c(Cc2ccc(Br)cc2)nc2ccccc2c1=O. The first-order chi connectivity index (χ1) is 11.6. The molecule has 0 aliphatic heterocycles. The second kappa shape index (κ2) is 6.94. The molecule has 7 heteroatoms. The van der Waals surface area contributed by atoms with E-state index in [1.807, 2.05) is 30.3 Å². The molecule has 2 aromatic carbocycles. The highest BCUT2D eigenvalue weighted by Gasteiger charge is 2.14. The minimum atomic E-state index is -0.453. The van der Waals surface area contributed by atoms with Gasteiger partial charge in [-0.15, -0.1) is 0 Å². The fourth-order valence-electron chi connectivity index (χ4n) is 2.49. The predicted octanol–water partition coefficient (Wildman–Crippen LogP) is 1.74. The number of nitrogens with two attached hydrogens (primary N) is 1. The molecule has 0 aliphatic rings. The number of para-hydroxylation sites is 1. The third-order valence-corrected chi connectivity index (χ3v) is 4.21. The summed E-state index contributed by atoms with van der Waals surface area (Å²) in [5.74, 6) is 5.23. The number of halogens is 1. The van der Waals surface area contributed by atoms with Gasteiger partial charge in [-0.25, -0.2) is 10.8 Å². The Bertz CT molecular complexity index is 951. The number of aromatic nitrogens is 2. The highest BCUT2D eigenvalue weighted by Crippen LogP contribution is 2.15. The molecule has 3 N–H and O–H groups in total. The first kappa shape index (κ1) is 16.4. The fraction of sp³-hybridized carbons (Fsp3) is 0.118. The van der Waals surface area contributed by atoms with Crippen molar-refractivity contribution in [1.82, 2.24) is 15.0 Å². The van der Waals surface area contributed by atoms with E-state index in [0.717, 1.165) is 10.0 Å². The molecular weight excluding hydrogens is 372 g/mol. The molecule has 122 valence electrons. The lowest BCUT2D eigenvalue weighted by Gasteiger charge is -2.13. The van der Waals surface area contributed by atoms with Crippen LogP contribution in [0.5, 0.6) is 0 Å². The van der Waals surface area contributed by atoms with Gasteiger partial charge in [0.2, 0.25) is 0 Å². The van der Waals surface area contributed by atoms with Crippen LogP contribution >= 0.6 is 15.9 Å². The van der Waals surface area contributed by atoms with Gasteiger partial charge in [-0.1, -0.05) is 40.2 Å². The van der Waals surface area contributed by atoms with Crippen LogP contribution in [0.15, 0.2) is 57.8 Å². The molecule has 0 saturated heterocycles.